The smallest absolute Gasteiger partial charge is 0.226 e. The van der Waals surface area contributed by atoms with Crippen LogP contribution in [0.5, 0.6) is 0 Å². The van der Waals surface area contributed by atoms with Gasteiger partial charge in [-0.2, -0.15) is 0 Å². The molecule has 0 atom stereocenters. The summed E-state index contributed by atoms with van der Waals surface area (Å²) in [4.78, 5) is 28.7. The van der Waals surface area contributed by atoms with Crippen LogP contribution in [0.1, 0.15) is 43.7 Å². The van der Waals surface area contributed by atoms with E-state index in [9.17, 15) is 9.59 Å². The van der Waals surface area contributed by atoms with Gasteiger partial charge in [0.1, 0.15) is 0 Å². The summed E-state index contributed by atoms with van der Waals surface area (Å²) in [6, 6.07) is 13.9. The summed E-state index contributed by atoms with van der Waals surface area (Å²) in [5.74, 6) is -0.148. The van der Waals surface area contributed by atoms with E-state index in [0.29, 0.717) is 6.54 Å². The molecule has 154 valence electrons. The molecule has 1 aliphatic heterocycles. The van der Waals surface area contributed by atoms with Crippen molar-refractivity contribution in [3.63, 3.8) is 0 Å². The first-order valence-corrected chi connectivity index (χ1v) is 10.4. The summed E-state index contributed by atoms with van der Waals surface area (Å²) >= 11 is 0. The third kappa shape index (κ3) is 5.37. The van der Waals surface area contributed by atoms with Crippen molar-refractivity contribution in [1.82, 2.24) is 0 Å². The van der Waals surface area contributed by atoms with Crippen molar-refractivity contribution < 1.29 is 9.59 Å². The Morgan fingerprint density at radius 2 is 1.69 bits per heavy atom. The number of carbonyl (C=O) groups is 2. The second-order valence-electron chi connectivity index (χ2n) is 7.78. The second kappa shape index (κ2) is 9.59. The molecule has 0 saturated carbocycles. The van der Waals surface area contributed by atoms with Crippen molar-refractivity contribution in [2.24, 2.45) is 0 Å². The largest absolute Gasteiger partial charge is 0.372 e. The van der Waals surface area contributed by atoms with Crippen molar-refractivity contribution in [3.05, 3.63) is 53.6 Å². The number of amides is 2. The molecule has 0 spiro atoms. The molecule has 5 nitrogen and oxygen atoms in total. The van der Waals surface area contributed by atoms with Crippen LogP contribution >= 0.6 is 0 Å². The Hall–Kier alpha value is -2.82. The van der Waals surface area contributed by atoms with Gasteiger partial charge < -0.3 is 15.1 Å². The molecule has 1 N–H and O–H groups in total. The number of nitrogens with one attached hydrogen (secondary N) is 1. The lowest BCUT2D eigenvalue weighted by molar-refractivity contribution is -0.117. The Bertz CT molecular complexity index is 855. The van der Waals surface area contributed by atoms with Crippen molar-refractivity contribution in [1.29, 1.82) is 0 Å². The number of hydrogen-bond acceptors (Lipinski definition) is 3. The highest BCUT2D eigenvalue weighted by atomic mass is 16.2. The minimum Gasteiger partial charge on any atom is -0.372 e. The standard InChI is InChI=1S/C24H31N3O2/c1-18-8-7-9-23(19(18)2)27(20(3)28)17-14-24(29)25-21-10-12-22(13-11-21)26-15-5-4-6-16-26/h7-13H,4-6,14-17H2,1-3H3,(H,25,29). The summed E-state index contributed by atoms with van der Waals surface area (Å²) in [6.07, 6.45) is 4.04. The molecule has 0 unspecified atom stereocenters. The fraction of sp³-hybridized carbons (Fsp3) is 0.417. The predicted molar refractivity (Wildman–Crippen MR) is 120 cm³/mol. The Morgan fingerprint density at radius 1 is 1.00 bits per heavy atom. The first kappa shape index (κ1) is 20.9. The summed E-state index contributed by atoms with van der Waals surface area (Å²) in [6.45, 7) is 8.13. The lowest BCUT2D eigenvalue weighted by Crippen LogP contribution is -2.32. The van der Waals surface area contributed by atoms with E-state index in [4.69, 9.17) is 0 Å². The Balaban J connectivity index is 1.58. The van der Waals surface area contributed by atoms with Crippen molar-refractivity contribution in [3.8, 4) is 0 Å². The van der Waals surface area contributed by atoms with Crippen molar-refractivity contribution in [2.75, 3.05) is 34.8 Å². The zero-order valence-corrected chi connectivity index (χ0v) is 17.7. The Kier molecular flexibility index (Phi) is 6.91. The maximum absolute atomic E-state index is 12.4. The molecular formula is C24H31N3O2. The molecule has 0 aliphatic carbocycles. The third-order valence-electron chi connectivity index (χ3n) is 5.68. The van der Waals surface area contributed by atoms with E-state index < -0.39 is 0 Å². The van der Waals surface area contributed by atoms with Crippen LogP contribution in [0.15, 0.2) is 42.5 Å². The number of piperidine rings is 1. The van der Waals surface area contributed by atoms with Crippen LogP contribution < -0.4 is 15.1 Å². The van der Waals surface area contributed by atoms with Crippen LogP contribution in [0.3, 0.4) is 0 Å². The summed E-state index contributed by atoms with van der Waals surface area (Å²) in [5, 5.41) is 2.95. The van der Waals surface area contributed by atoms with Crippen LogP contribution in [0.2, 0.25) is 0 Å². The molecule has 1 saturated heterocycles. The molecule has 1 heterocycles. The average molecular weight is 394 g/mol. The fourth-order valence-electron chi connectivity index (χ4n) is 3.82. The molecule has 2 aromatic carbocycles. The third-order valence-corrected chi connectivity index (χ3v) is 5.68. The zero-order valence-electron chi connectivity index (χ0n) is 17.7. The maximum atomic E-state index is 12.4. The number of anilines is 3. The van der Waals surface area contributed by atoms with E-state index in [0.717, 1.165) is 35.6 Å². The SMILES string of the molecule is CC(=O)N(CCC(=O)Nc1ccc(N2CCCCC2)cc1)c1cccc(C)c1C. The lowest BCUT2D eigenvalue weighted by atomic mass is 10.1. The van der Waals surface area contributed by atoms with Gasteiger partial charge in [0.05, 0.1) is 0 Å². The van der Waals surface area contributed by atoms with Gasteiger partial charge in [0, 0.05) is 50.0 Å². The highest BCUT2D eigenvalue weighted by Gasteiger charge is 2.16. The number of carbonyl (C=O) groups excluding carboxylic acids is 2. The fourth-order valence-corrected chi connectivity index (χ4v) is 3.82. The van der Waals surface area contributed by atoms with Crippen LogP contribution in [-0.4, -0.2) is 31.4 Å². The van der Waals surface area contributed by atoms with Gasteiger partial charge in [0.15, 0.2) is 0 Å². The average Bonchev–Trinajstić information content (AvgIpc) is 2.72. The van der Waals surface area contributed by atoms with Gasteiger partial charge in [-0.05, 0) is 74.6 Å². The van der Waals surface area contributed by atoms with E-state index in [1.165, 1.54) is 24.9 Å². The van der Waals surface area contributed by atoms with Gasteiger partial charge in [-0.15, -0.1) is 0 Å². The quantitative estimate of drug-likeness (QED) is 0.776. The molecule has 29 heavy (non-hydrogen) atoms. The van der Waals surface area contributed by atoms with E-state index in [1.54, 1.807) is 11.8 Å². The predicted octanol–water partition coefficient (Wildman–Crippen LogP) is 4.68. The number of aryl methyl sites for hydroxylation is 1. The van der Waals surface area contributed by atoms with Crippen LogP contribution in [0.25, 0.3) is 0 Å². The minimum atomic E-state index is -0.0905. The number of rotatable bonds is 6. The van der Waals surface area contributed by atoms with Gasteiger partial charge in [-0.3, -0.25) is 9.59 Å². The molecule has 1 aliphatic rings. The van der Waals surface area contributed by atoms with E-state index >= 15 is 0 Å². The highest BCUT2D eigenvalue weighted by molar-refractivity contribution is 5.95. The van der Waals surface area contributed by atoms with Crippen molar-refractivity contribution >= 4 is 28.9 Å². The molecule has 2 aromatic rings. The highest BCUT2D eigenvalue weighted by Crippen LogP contribution is 2.24. The Labute approximate surface area is 173 Å². The molecular weight excluding hydrogens is 362 g/mol. The first-order valence-electron chi connectivity index (χ1n) is 10.4. The normalized spacial score (nSPS) is 13.8. The van der Waals surface area contributed by atoms with E-state index in [1.807, 2.05) is 44.2 Å². The van der Waals surface area contributed by atoms with Gasteiger partial charge >= 0.3 is 0 Å². The van der Waals surface area contributed by atoms with Gasteiger partial charge in [-0.1, -0.05) is 12.1 Å². The van der Waals surface area contributed by atoms with Crippen LogP contribution in [0, 0.1) is 13.8 Å². The number of benzene rings is 2. The molecule has 3 rings (SSSR count). The summed E-state index contributed by atoms with van der Waals surface area (Å²) < 4.78 is 0. The van der Waals surface area contributed by atoms with E-state index in [-0.39, 0.29) is 18.2 Å². The zero-order chi connectivity index (χ0) is 20.8. The topological polar surface area (TPSA) is 52.7 Å². The molecule has 1 fully saturated rings. The van der Waals surface area contributed by atoms with Crippen LogP contribution in [-0.2, 0) is 9.59 Å². The summed E-state index contributed by atoms with van der Waals surface area (Å²) in [5.41, 5.74) is 5.07. The summed E-state index contributed by atoms with van der Waals surface area (Å²) in [7, 11) is 0. The molecule has 0 radical (unpaired) electrons. The molecule has 2 amide bonds. The van der Waals surface area contributed by atoms with Gasteiger partial charge in [0.2, 0.25) is 11.8 Å². The molecule has 0 bridgehead atoms. The molecule has 0 aromatic heterocycles. The number of nitrogens with zero attached hydrogens (tertiary/aromatic N) is 2. The molecule has 5 heteroatoms. The maximum Gasteiger partial charge on any atom is 0.226 e. The second-order valence-corrected chi connectivity index (χ2v) is 7.78. The van der Waals surface area contributed by atoms with E-state index in [2.05, 4.69) is 22.3 Å². The minimum absolute atomic E-state index is 0.0580. The first-order chi connectivity index (χ1) is 14.0. The number of hydrogen-bond donors (Lipinski definition) is 1. The Morgan fingerprint density at radius 3 is 2.34 bits per heavy atom. The lowest BCUT2D eigenvalue weighted by Gasteiger charge is -2.28. The van der Waals surface area contributed by atoms with Gasteiger partial charge in [-0.25, -0.2) is 0 Å². The van der Waals surface area contributed by atoms with Crippen molar-refractivity contribution in [2.45, 2.75) is 46.5 Å². The van der Waals surface area contributed by atoms with Gasteiger partial charge in [0.25, 0.3) is 0 Å². The van der Waals surface area contributed by atoms with Crippen LogP contribution in [0.4, 0.5) is 17.1 Å². The monoisotopic (exact) mass is 393 g/mol.